The van der Waals surface area contributed by atoms with Gasteiger partial charge >= 0.3 is 0 Å². The van der Waals surface area contributed by atoms with Gasteiger partial charge in [-0.2, -0.15) is 0 Å². The molecule has 34 heavy (non-hydrogen) atoms. The number of fused-ring (bicyclic) bond motifs is 1. The van der Waals surface area contributed by atoms with Crippen LogP contribution in [0.25, 0.3) is 0 Å². The van der Waals surface area contributed by atoms with Gasteiger partial charge < -0.3 is 50.0 Å². The van der Waals surface area contributed by atoms with Crippen LogP contribution in [0, 0.1) is 13.8 Å². The quantitative estimate of drug-likeness (QED) is 0.320. The summed E-state index contributed by atoms with van der Waals surface area (Å²) in [4.78, 5) is 12.9. The van der Waals surface area contributed by atoms with Crippen molar-refractivity contribution in [2.75, 3.05) is 6.61 Å². The lowest BCUT2D eigenvalue weighted by molar-refractivity contribution is -0.277. The van der Waals surface area contributed by atoms with Crippen molar-refractivity contribution in [1.29, 1.82) is 0 Å². The van der Waals surface area contributed by atoms with Crippen molar-refractivity contribution < 1.29 is 54.8 Å². The Morgan fingerprint density at radius 3 is 2.38 bits per heavy atom. The molecule has 0 saturated carbocycles. The van der Waals surface area contributed by atoms with Gasteiger partial charge in [-0.3, -0.25) is 4.79 Å². The number of ketones is 1. The summed E-state index contributed by atoms with van der Waals surface area (Å²) >= 11 is 0. The number of aromatic hydroxyl groups is 3. The van der Waals surface area contributed by atoms with Crippen molar-refractivity contribution in [1.82, 2.24) is 0 Å². The first-order valence-electron chi connectivity index (χ1n) is 10.6. The Kier molecular flexibility index (Phi) is 6.32. The zero-order valence-corrected chi connectivity index (χ0v) is 18.4. The van der Waals surface area contributed by atoms with Crippen LogP contribution in [0.4, 0.5) is 0 Å². The van der Waals surface area contributed by atoms with Crippen molar-refractivity contribution >= 4 is 5.78 Å². The van der Waals surface area contributed by atoms with Crippen molar-refractivity contribution in [3.63, 3.8) is 0 Å². The number of hydrogen-bond acceptors (Lipinski definition) is 11. The third-order valence-electron chi connectivity index (χ3n) is 6.21. The maximum Gasteiger partial charge on any atom is 0.229 e. The van der Waals surface area contributed by atoms with Crippen molar-refractivity contribution in [2.45, 2.75) is 57.1 Å². The van der Waals surface area contributed by atoms with Crippen LogP contribution in [0.3, 0.4) is 0 Å². The first-order valence-corrected chi connectivity index (χ1v) is 10.6. The van der Waals surface area contributed by atoms with E-state index < -0.39 is 49.2 Å². The van der Waals surface area contributed by atoms with Crippen LogP contribution in [0.5, 0.6) is 28.7 Å². The third-order valence-corrected chi connectivity index (χ3v) is 6.21. The minimum absolute atomic E-state index is 0.0102. The summed E-state index contributed by atoms with van der Waals surface area (Å²) in [5.41, 5.74) is 0.533. The molecule has 1 fully saturated rings. The van der Waals surface area contributed by atoms with Gasteiger partial charge in [-0.15, -0.1) is 0 Å². The Bertz CT molecular complexity index is 1110. The first kappa shape index (κ1) is 24.0. The standard InChI is InChI=1S/C23H26O11/c1-8-17(27)9(2)22-16(18(8)28)12(26)6-14(32-22)11-5-10(25)3-4-13(11)33-23-21(31)20(30)19(29)15(7-24)34-23/h3-5,14-15,19-21,23-25,27-31H,6-7H2,1-2H3/t14-,15+,19+,20-,21+,23+/m0/s1. The number of rotatable bonds is 4. The van der Waals surface area contributed by atoms with Gasteiger partial charge in [0.25, 0.3) is 0 Å². The highest BCUT2D eigenvalue weighted by molar-refractivity contribution is 6.04. The average Bonchev–Trinajstić information content (AvgIpc) is 2.82. The highest BCUT2D eigenvalue weighted by Crippen LogP contribution is 2.48. The maximum absolute atomic E-state index is 12.9. The molecule has 0 radical (unpaired) electrons. The molecule has 11 nitrogen and oxygen atoms in total. The van der Waals surface area contributed by atoms with Crippen molar-refractivity contribution in [2.24, 2.45) is 0 Å². The summed E-state index contributed by atoms with van der Waals surface area (Å²) in [7, 11) is 0. The number of benzene rings is 2. The molecule has 2 aliphatic heterocycles. The SMILES string of the molecule is Cc1c(O)c(C)c2c(c1O)C(=O)C[C@@H](c1cc(O)ccc1O[C@@H]1O[C@H](CO)[C@@H](O)[C@H](O)[C@H]1O)O2. The van der Waals surface area contributed by atoms with Crippen LogP contribution in [0.2, 0.25) is 0 Å². The van der Waals surface area contributed by atoms with E-state index >= 15 is 0 Å². The molecule has 2 aromatic rings. The van der Waals surface area contributed by atoms with E-state index in [1.807, 2.05) is 0 Å². The number of aliphatic hydroxyl groups excluding tert-OH is 4. The van der Waals surface area contributed by atoms with E-state index in [0.29, 0.717) is 0 Å². The monoisotopic (exact) mass is 478 g/mol. The lowest BCUT2D eigenvalue weighted by Gasteiger charge is -2.40. The van der Waals surface area contributed by atoms with Crippen molar-refractivity contribution in [3.8, 4) is 28.7 Å². The van der Waals surface area contributed by atoms with Gasteiger partial charge in [0.1, 0.15) is 64.8 Å². The predicted molar refractivity (Wildman–Crippen MR) is 114 cm³/mol. The molecule has 7 N–H and O–H groups in total. The second kappa shape index (κ2) is 8.93. The van der Waals surface area contributed by atoms with Gasteiger partial charge in [0.2, 0.25) is 6.29 Å². The number of carbonyl (C=O) groups excluding carboxylic acids is 1. The molecule has 1 saturated heterocycles. The fraction of sp³-hybridized carbons (Fsp3) is 0.435. The van der Waals surface area contributed by atoms with E-state index in [1.54, 1.807) is 0 Å². The molecule has 0 aliphatic carbocycles. The number of phenolic OH excluding ortho intramolecular Hbond substituents is 3. The molecule has 4 rings (SSSR count). The number of carbonyl (C=O) groups is 1. The molecular weight excluding hydrogens is 452 g/mol. The highest BCUT2D eigenvalue weighted by atomic mass is 16.7. The summed E-state index contributed by atoms with van der Waals surface area (Å²) in [6.45, 7) is 2.36. The largest absolute Gasteiger partial charge is 0.508 e. The molecule has 2 aliphatic rings. The highest BCUT2D eigenvalue weighted by Gasteiger charge is 2.45. The van der Waals surface area contributed by atoms with E-state index in [-0.39, 0.29) is 57.4 Å². The zero-order chi connectivity index (χ0) is 24.9. The molecule has 0 spiro atoms. The second-order valence-electron chi connectivity index (χ2n) is 8.42. The molecule has 0 aromatic heterocycles. The smallest absolute Gasteiger partial charge is 0.229 e. The van der Waals surface area contributed by atoms with Gasteiger partial charge in [-0.05, 0) is 32.0 Å². The Morgan fingerprint density at radius 2 is 1.71 bits per heavy atom. The molecule has 0 unspecified atom stereocenters. The minimum atomic E-state index is -1.67. The third kappa shape index (κ3) is 3.91. The van der Waals surface area contributed by atoms with Crippen LogP contribution in [0.1, 0.15) is 39.6 Å². The van der Waals surface area contributed by atoms with E-state index in [9.17, 15) is 40.5 Å². The second-order valence-corrected chi connectivity index (χ2v) is 8.42. The summed E-state index contributed by atoms with van der Waals surface area (Å²) in [6, 6.07) is 3.91. The van der Waals surface area contributed by atoms with Crippen LogP contribution in [-0.4, -0.2) is 78.8 Å². The molecular formula is C23H26O11. The zero-order valence-electron chi connectivity index (χ0n) is 18.4. The number of phenols is 3. The lowest BCUT2D eigenvalue weighted by Crippen LogP contribution is -2.60. The van der Waals surface area contributed by atoms with Crippen LogP contribution in [0.15, 0.2) is 18.2 Å². The molecule has 0 bridgehead atoms. The van der Waals surface area contributed by atoms with Gasteiger partial charge in [0.05, 0.1) is 13.0 Å². The van der Waals surface area contributed by atoms with Gasteiger partial charge in [-0.25, -0.2) is 0 Å². The van der Waals surface area contributed by atoms with E-state index in [2.05, 4.69) is 0 Å². The van der Waals surface area contributed by atoms with E-state index in [1.165, 1.54) is 32.0 Å². The summed E-state index contributed by atoms with van der Waals surface area (Å²) in [5.74, 6) is -1.22. The van der Waals surface area contributed by atoms with Gasteiger partial charge in [0.15, 0.2) is 5.78 Å². The Labute approximate surface area is 194 Å². The molecule has 2 aromatic carbocycles. The molecule has 6 atom stereocenters. The Balaban J connectivity index is 1.70. The van der Waals surface area contributed by atoms with E-state index in [4.69, 9.17) is 14.2 Å². The Morgan fingerprint density at radius 1 is 1.00 bits per heavy atom. The molecule has 11 heteroatoms. The minimum Gasteiger partial charge on any atom is -0.508 e. The first-order chi connectivity index (χ1) is 16.0. The summed E-state index contributed by atoms with van der Waals surface area (Å²) < 4.78 is 17.1. The normalized spacial score (nSPS) is 28.8. The molecule has 0 amide bonds. The maximum atomic E-state index is 12.9. The lowest BCUT2D eigenvalue weighted by atomic mass is 9.91. The number of aliphatic hydroxyl groups is 4. The summed E-state index contributed by atoms with van der Waals surface area (Å²) in [6.07, 6.45) is -8.84. The van der Waals surface area contributed by atoms with E-state index in [0.717, 1.165) is 0 Å². The number of Topliss-reactive ketones (excluding diaryl/α,β-unsaturated/α-hetero) is 1. The number of ether oxygens (including phenoxy) is 3. The summed E-state index contributed by atoms with van der Waals surface area (Å²) in [5, 5.41) is 70.4. The van der Waals surface area contributed by atoms with Gasteiger partial charge in [-0.1, -0.05) is 0 Å². The fourth-order valence-corrected chi connectivity index (χ4v) is 4.20. The number of hydrogen-bond donors (Lipinski definition) is 7. The fourth-order valence-electron chi connectivity index (χ4n) is 4.20. The van der Waals surface area contributed by atoms with Gasteiger partial charge in [0, 0.05) is 16.7 Å². The van der Waals surface area contributed by atoms with Crippen LogP contribution in [-0.2, 0) is 4.74 Å². The average molecular weight is 478 g/mol. The van der Waals surface area contributed by atoms with Crippen molar-refractivity contribution in [3.05, 3.63) is 40.5 Å². The predicted octanol–water partition coefficient (Wildman–Crippen LogP) is 0.305. The van der Waals surface area contributed by atoms with Crippen LogP contribution < -0.4 is 9.47 Å². The molecule has 184 valence electrons. The Hall–Kier alpha value is -3.09. The molecule has 2 heterocycles. The van der Waals surface area contributed by atoms with Crippen LogP contribution >= 0.6 is 0 Å². The topological polar surface area (TPSA) is 186 Å².